The number of anilines is 1. The molecule has 1 N–H and O–H groups in total. The predicted molar refractivity (Wildman–Crippen MR) is 72.2 cm³/mol. The van der Waals surface area contributed by atoms with E-state index in [1.165, 1.54) is 24.2 Å². The molecule has 0 atom stereocenters. The van der Waals surface area contributed by atoms with E-state index in [0.717, 1.165) is 37.7 Å². The molecule has 0 radical (unpaired) electrons. The fourth-order valence-electron chi connectivity index (χ4n) is 2.69. The number of nitrogens with zero attached hydrogens (tertiary/aromatic N) is 3. The number of hydrogen-bond donors (Lipinski definition) is 1. The number of rotatable bonds is 2. The molecule has 4 rings (SSSR count). The maximum Gasteiger partial charge on any atom is 0.137 e. The van der Waals surface area contributed by atoms with Crippen LogP contribution in [-0.4, -0.2) is 35.6 Å². The summed E-state index contributed by atoms with van der Waals surface area (Å²) in [5.41, 5.74) is 3.66. The molecule has 94 valence electrons. The van der Waals surface area contributed by atoms with Crippen LogP contribution in [0.2, 0.25) is 0 Å². The summed E-state index contributed by atoms with van der Waals surface area (Å²) in [5, 5.41) is 3.39. The zero-order valence-electron chi connectivity index (χ0n) is 10.5. The quantitative estimate of drug-likeness (QED) is 0.868. The van der Waals surface area contributed by atoms with Crippen LogP contribution in [0.5, 0.6) is 0 Å². The normalized spacial score (nSPS) is 20.6. The largest absolute Gasteiger partial charge is 0.368 e. The summed E-state index contributed by atoms with van der Waals surface area (Å²) < 4.78 is 2.19. The number of aromatic nitrogens is 2. The summed E-state index contributed by atoms with van der Waals surface area (Å²) in [4.78, 5) is 7.13. The summed E-state index contributed by atoms with van der Waals surface area (Å²) in [6.45, 7) is 4.34. The van der Waals surface area contributed by atoms with Crippen molar-refractivity contribution in [3.05, 3.63) is 30.2 Å². The first-order valence-corrected chi connectivity index (χ1v) is 6.84. The topological polar surface area (TPSA) is 32.6 Å². The van der Waals surface area contributed by atoms with E-state index < -0.39 is 0 Å². The molecule has 4 heteroatoms. The lowest BCUT2D eigenvalue weighted by Crippen LogP contribution is -2.43. The Bertz CT molecular complexity index is 564. The summed E-state index contributed by atoms with van der Waals surface area (Å²) in [6, 6.07) is 4.34. The summed E-state index contributed by atoms with van der Waals surface area (Å²) in [5.74, 6) is 0.729. The third-order valence-corrected chi connectivity index (χ3v) is 3.93. The standard InChI is InChI=1S/C14H18N4/c1-2-11(1)13-10-18-9-12(3-4-14(18)16-13)17-7-5-15-6-8-17/h3-4,9-11,15H,1-2,5-8H2. The van der Waals surface area contributed by atoms with E-state index in [1.807, 2.05) is 0 Å². The molecule has 1 aliphatic heterocycles. The Morgan fingerprint density at radius 2 is 1.94 bits per heavy atom. The van der Waals surface area contributed by atoms with Gasteiger partial charge in [0.05, 0.1) is 11.4 Å². The SMILES string of the molecule is c1cc2nc(C3CC3)cn2cc1N1CCNCC1. The number of nitrogens with one attached hydrogen (secondary N) is 1. The fraction of sp³-hybridized carbons (Fsp3) is 0.500. The van der Waals surface area contributed by atoms with Crippen LogP contribution in [0.1, 0.15) is 24.5 Å². The molecular formula is C14H18N4. The van der Waals surface area contributed by atoms with Gasteiger partial charge in [0.2, 0.25) is 0 Å². The van der Waals surface area contributed by atoms with Crippen molar-refractivity contribution < 1.29 is 0 Å². The van der Waals surface area contributed by atoms with E-state index in [2.05, 4.69) is 39.1 Å². The van der Waals surface area contributed by atoms with Gasteiger partial charge in [-0.3, -0.25) is 0 Å². The van der Waals surface area contributed by atoms with Crippen molar-refractivity contribution >= 4 is 11.3 Å². The van der Waals surface area contributed by atoms with Gasteiger partial charge >= 0.3 is 0 Å². The Labute approximate surface area is 107 Å². The summed E-state index contributed by atoms with van der Waals surface area (Å²) >= 11 is 0. The minimum absolute atomic E-state index is 0.729. The van der Waals surface area contributed by atoms with Gasteiger partial charge in [-0.05, 0) is 25.0 Å². The molecule has 1 aliphatic carbocycles. The minimum Gasteiger partial charge on any atom is -0.368 e. The number of fused-ring (bicyclic) bond motifs is 1. The molecule has 4 nitrogen and oxygen atoms in total. The number of piperazine rings is 1. The highest BCUT2D eigenvalue weighted by molar-refractivity contribution is 5.53. The maximum atomic E-state index is 4.69. The monoisotopic (exact) mass is 242 g/mol. The van der Waals surface area contributed by atoms with Crippen molar-refractivity contribution in [3.63, 3.8) is 0 Å². The van der Waals surface area contributed by atoms with Crippen LogP contribution in [0.4, 0.5) is 5.69 Å². The van der Waals surface area contributed by atoms with E-state index in [4.69, 9.17) is 4.98 Å². The molecular weight excluding hydrogens is 224 g/mol. The van der Waals surface area contributed by atoms with Crippen molar-refractivity contribution in [2.45, 2.75) is 18.8 Å². The van der Waals surface area contributed by atoms with Crippen LogP contribution in [0.25, 0.3) is 5.65 Å². The summed E-state index contributed by atoms with van der Waals surface area (Å²) in [6.07, 6.45) is 7.06. The highest BCUT2D eigenvalue weighted by atomic mass is 15.2. The second kappa shape index (κ2) is 3.99. The van der Waals surface area contributed by atoms with Crippen LogP contribution in [-0.2, 0) is 0 Å². The van der Waals surface area contributed by atoms with Gasteiger partial charge in [0.15, 0.2) is 0 Å². The molecule has 2 aromatic heterocycles. The van der Waals surface area contributed by atoms with Gasteiger partial charge in [-0.25, -0.2) is 4.98 Å². The maximum absolute atomic E-state index is 4.69. The number of imidazole rings is 1. The smallest absolute Gasteiger partial charge is 0.137 e. The number of pyridine rings is 1. The molecule has 1 saturated carbocycles. The minimum atomic E-state index is 0.729. The lowest BCUT2D eigenvalue weighted by atomic mass is 10.3. The summed E-state index contributed by atoms with van der Waals surface area (Å²) in [7, 11) is 0. The van der Waals surface area contributed by atoms with Crippen molar-refractivity contribution in [2.24, 2.45) is 0 Å². The molecule has 0 spiro atoms. The van der Waals surface area contributed by atoms with Gasteiger partial charge in [0, 0.05) is 44.5 Å². The molecule has 18 heavy (non-hydrogen) atoms. The molecule has 2 fully saturated rings. The molecule has 0 bridgehead atoms. The van der Waals surface area contributed by atoms with Crippen LogP contribution >= 0.6 is 0 Å². The first kappa shape index (κ1) is 10.4. The zero-order valence-corrected chi connectivity index (χ0v) is 10.5. The van der Waals surface area contributed by atoms with Crippen molar-refractivity contribution in [1.29, 1.82) is 0 Å². The highest BCUT2D eigenvalue weighted by Crippen LogP contribution is 2.39. The average Bonchev–Trinajstić information content (AvgIpc) is 3.19. The second-order valence-electron chi connectivity index (χ2n) is 5.33. The van der Waals surface area contributed by atoms with Gasteiger partial charge < -0.3 is 14.6 Å². The lowest BCUT2D eigenvalue weighted by molar-refractivity contribution is 0.588. The Morgan fingerprint density at radius 1 is 1.11 bits per heavy atom. The Morgan fingerprint density at radius 3 is 2.72 bits per heavy atom. The predicted octanol–water partition coefficient (Wildman–Crippen LogP) is 1.62. The lowest BCUT2D eigenvalue weighted by Gasteiger charge is -2.29. The number of hydrogen-bond acceptors (Lipinski definition) is 3. The first-order chi connectivity index (χ1) is 8.90. The first-order valence-electron chi connectivity index (χ1n) is 6.84. The molecule has 0 aromatic carbocycles. The molecule has 0 unspecified atom stereocenters. The molecule has 1 saturated heterocycles. The van der Waals surface area contributed by atoms with Gasteiger partial charge in [0.25, 0.3) is 0 Å². The second-order valence-corrected chi connectivity index (χ2v) is 5.33. The average molecular weight is 242 g/mol. The van der Waals surface area contributed by atoms with E-state index in [-0.39, 0.29) is 0 Å². The Kier molecular flexibility index (Phi) is 2.30. The van der Waals surface area contributed by atoms with Crippen LogP contribution < -0.4 is 10.2 Å². The van der Waals surface area contributed by atoms with Gasteiger partial charge in [-0.1, -0.05) is 0 Å². The molecule has 2 aliphatic rings. The van der Waals surface area contributed by atoms with E-state index >= 15 is 0 Å². The van der Waals surface area contributed by atoms with Gasteiger partial charge in [-0.2, -0.15) is 0 Å². The van der Waals surface area contributed by atoms with E-state index in [9.17, 15) is 0 Å². The third kappa shape index (κ3) is 1.77. The molecule has 3 heterocycles. The Balaban J connectivity index is 1.69. The van der Waals surface area contributed by atoms with Crippen molar-refractivity contribution in [1.82, 2.24) is 14.7 Å². The highest BCUT2D eigenvalue weighted by Gasteiger charge is 2.26. The van der Waals surface area contributed by atoms with E-state index in [0.29, 0.717) is 0 Å². The van der Waals surface area contributed by atoms with Crippen LogP contribution in [0.3, 0.4) is 0 Å². The van der Waals surface area contributed by atoms with Crippen molar-refractivity contribution in [2.75, 3.05) is 31.1 Å². The van der Waals surface area contributed by atoms with Crippen molar-refractivity contribution in [3.8, 4) is 0 Å². The zero-order chi connectivity index (χ0) is 11.9. The third-order valence-electron chi connectivity index (χ3n) is 3.93. The van der Waals surface area contributed by atoms with Gasteiger partial charge in [-0.15, -0.1) is 0 Å². The Hall–Kier alpha value is -1.55. The fourth-order valence-corrected chi connectivity index (χ4v) is 2.69. The molecule has 2 aromatic rings. The van der Waals surface area contributed by atoms with Crippen LogP contribution in [0, 0.1) is 0 Å². The van der Waals surface area contributed by atoms with Crippen LogP contribution in [0.15, 0.2) is 24.5 Å². The van der Waals surface area contributed by atoms with E-state index in [1.54, 1.807) is 0 Å². The van der Waals surface area contributed by atoms with Gasteiger partial charge in [0.1, 0.15) is 5.65 Å². The molecule has 0 amide bonds.